The van der Waals surface area contributed by atoms with E-state index in [1.807, 2.05) is 18.2 Å². The number of hydrogen-bond acceptors (Lipinski definition) is 7. The third-order valence-electron chi connectivity index (χ3n) is 7.10. The molecule has 3 fully saturated rings. The molecule has 2 aromatic carbocycles. The molecular weight excluding hydrogens is 526 g/mol. The van der Waals surface area contributed by atoms with E-state index in [1.54, 1.807) is 13.2 Å². The molecule has 1 amide bonds. The molecule has 0 aromatic heterocycles. The molecule has 4 aliphatic rings. The Labute approximate surface area is 231 Å². The van der Waals surface area contributed by atoms with Gasteiger partial charge in [0.1, 0.15) is 12.4 Å². The van der Waals surface area contributed by atoms with Crippen LogP contribution >= 0.6 is 11.6 Å². The van der Waals surface area contributed by atoms with Crippen molar-refractivity contribution in [2.75, 3.05) is 44.8 Å². The first kappa shape index (κ1) is 28.3. The molecule has 3 N–H and O–H groups in total. The van der Waals surface area contributed by atoms with Gasteiger partial charge in [0.2, 0.25) is 0 Å². The molecule has 0 radical (unpaired) electrons. The summed E-state index contributed by atoms with van der Waals surface area (Å²) in [5.74, 6) is -0.580. The van der Waals surface area contributed by atoms with E-state index in [2.05, 4.69) is 27.2 Å². The number of halogens is 1. The van der Waals surface area contributed by atoms with Gasteiger partial charge in [0.05, 0.1) is 24.9 Å². The fourth-order valence-corrected chi connectivity index (χ4v) is 5.36. The lowest BCUT2D eigenvalue weighted by Crippen LogP contribution is -2.57. The van der Waals surface area contributed by atoms with Gasteiger partial charge in [-0.1, -0.05) is 23.7 Å². The molecule has 4 heterocycles. The molecule has 3 saturated heterocycles. The van der Waals surface area contributed by atoms with Crippen molar-refractivity contribution in [3.8, 4) is 11.5 Å². The normalized spacial score (nSPS) is 21.3. The highest BCUT2D eigenvalue weighted by atomic mass is 35.5. The van der Waals surface area contributed by atoms with Crippen molar-refractivity contribution >= 4 is 35.1 Å². The number of benzene rings is 2. The Morgan fingerprint density at radius 2 is 1.74 bits per heavy atom. The topological polar surface area (TPSA) is 129 Å². The average molecular weight is 558 g/mol. The number of carboxylic acid groups (broad SMARTS) is 2. The van der Waals surface area contributed by atoms with Crippen LogP contribution in [0.25, 0.3) is 0 Å². The van der Waals surface area contributed by atoms with Gasteiger partial charge >= 0.3 is 11.9 Å². The first-order valence-corrected chi connectivity index (χ1v) is 13.1. The monoisotopic (exact) mass is 557 g/mol. The van der Waals surface area contributed by atoms with E-state index in [4.69, 9.17) is 31.3 Å². The summed E-state index contributed by atoms with van der Waals surface area (Å²) in [6, 6.07) is 11.9. The highest BCUT2D eigenvalue weighted by Crippen LogP contribution is 2.39. The molecule has 4 aliphatic heterocycles. The lowest BCUT2D eigenvalue weighted by atomic mass is 9.84. The lowest BCUT2D eigenvalue weighted by molar-refractivity contribution is -0.134. The van der Waals surface area contributed by atoms with E-state index in [0.717, 1.165) is 56.0 Å². The van der Waals surface area contributed by atoms with E-state index in [1.165, 1.54) is 0 Å². The predicted molar refractivity (Wildman–Crippen MR) is 146 cm³/mol. The fraction of sp³-hybridized carbons (Fsp3) is 0.393. The molecule has 1 atom stereocenters. The number of anilines is 1. The maximum absolute atomic E-state index is 13.2. The minimum atomic E-state index is -1.26. The zero-order valence-electron chi connectivity index (χ0n) is 21.6. The SMILES string of the molecule is COc1ccc(CN2CCOc3c(C(=O)NC4CN5CCC4CC5)cc(Cl)cc32)cc1.O=C(O)/C=C/C(=O)O. The second kappa shape index (κ2) is 12.9. The summed E-state index contributed by atoms with van der Waals surface area (Å²) < 4.78 is 11.3. The Balaban J connectivity index is 0.000000386. The Morgan fingerprint density at radius 1 is 1.08 bits per heavy atom. The van der Waals surface area contributed by atoms with E-state index < -0.39 is 11.9 Å². The number of nitrogens with zero attached hydrogens (tertiary/aromatic N) is 2. The molecule has 208 valence electrons. The summed E-state index contributed by atoms with van der Waals surface area (Å²) in [4.78, 5) is 37.0. The minimum Gasteiger partial charge on any atom is -0.497 e. The van der Waals surface area contributed by atoms with Gasteiger partial charge in [-0.3, -0.25) is 4.79 Å². The second-order valence-electron chi connectivity index (χ2n) is 9.65. The van der Waals surface area contributed by atoms with E-state index in [-0.39, 0.29) is 11.9 Å². The van der Waals surface area contributed by atoms with Gasteiger partial charge in [-0.25, -0.2) is 9.59 Å². The standard InChI is InChI=1S/C24H28ClN3O3.C4H4O4/c1-30-19-4-2-16(3-5-19)14-28-10-11-31-23-20(12-18(25)13-22(23)28)24(29)26-21-15-27-8-6-17(21)7-9-27;5-3(6)1-2-4(7)8/h2-5,12-13,17,21H,6-11,14-15H2,1H3,(H,26,29);1-2H,(H,5,6)(H,7,8)/b;2-1+. The van der Waals surface area contributed by atoms with Gasteiger partial charge < -0.3 is 34.8 Å². The number of piperidine rings is 3. The largest absolute Gasteiger partial charge is 0.497 e. The fourth-order valence-electron chi connectivity index (χ4n) is 5.15. The number of amides is 1. The number of carbonyl (C=O) groups excluding carboxylic acids is 1. The first-order valence-electron chi connectivity index (χ1n) is 12.7. The Hall–Kier alpha value is -3.76. The van der Waals surface area contributed by atoms with Gasteiger partial charge in [-0.05, 0) is 61.7 Å². The van der Waals surface area contributed by atoms with Crippen LogP contribution in [0.15, 0.2) is 48.6 Å². The predicted octanol–water partition coefficient (Wildman–Crippen LogP) is 3.28. The number of fused-ring (bicyclic) bond motifs is 4. The molecule has 10 nitrogen and oxygen atoms in total. The van der Waals surface area contributed by atoms with Crippen LogP contribution in [0.4, 0.5) is 5.69 Å². The lowest BCUT2D eigenvalue weighted by Gasteiger charge is -2.45. The molecule has 6 rings (SSSR count). The van der Waals surface area contributed by atoms with E-state index in [9.17, 15) is 14.4 Å². The summed E-state index contributed by atoms with van der Waals surface area (Å²) in [6.45, 7) is 5.20. The first-order chi connectivity index (χ1) is 18.7. The highest BCUT2D eigenvalue weighted by Gasteiger charge is 2.36. The van der Waals surface area contributed by atoms with Crippen molar-refractivity contribution in [2.24, 2.45) is 5.92 Å². The summed E-state index contributed by atoms with van der Waals surface area (Å²) in [6.07, 6.45) is 3.43. The number of ether oxygens (including phenoxy) is 2. The maximum Gasteiger partial charge on any atom is 0.328 e. The molecule has 2 bridgehead atoms. The van der Waals surface area contributed by atoms with Crippen LogP contribution < -0.4 is 19.7 Å². The molecule has 11 heteroatoms. The zero-order chi connectivity index (χ0) is 27.9. The highest BCUT2D eigenvalue weighted by molar-refractivity contribution is 6.31. The van der Waals surface area contributed by atoms with Crippen LogP contribution in [0.3, 0.4) is 0 Å². The van der Waals surface area contributed by atoms with Crippen LogP contribution in [0.5, 0.6) is 11.5 Å². The molecule has 2 aromatic rings. The van der Waals surface area contributed by atoms with Crippen molar-refractivity contribution in [3.63, 3.8) is 0 Å². The van der Waals surface area contributed by atoms with Crippen molar-refractivity contribution in [3.05, 3.63) is 64.7 Å². The van der Waals surface area contributed by atoms with Crippen molar-refractivity contribution in [2.45, 2.75) is 25.4 Å². The van der Waals surface area contributed by atoms with Crippen LogP contribution in [-0.4, -0.2) is 78.9 Å². The van der Waals surface area contributed by atoms with Gasteiger partial charge in [0, 0.05) is 36.3 Å². The number of nitrogens with one attached hydrogen (secondary N) is 1. The Morgan fingerprint density at radius 3 is 2.31 bits per heavy atom. The summed E-state index contributed by atoms with van der Waals surface area (Å²) in [5, 5.41) is 19.4. The summed E-state index contributed by atoms with van der Waals surface area (Å²) >= 11 is 6.45. The van der Waals surface area contributed by atoms with Crippen molar-refractivity contribution in [1.82, 2.24) is 10.2 Å². The number of methoxy groups -OCH3 is 1. The van der Waals surface area contributed by atoms with Crippen LogP contribution in [-0.2, 0) is 16.1 Å². The van der Waals surface area contributed by atoms with E-state index in [0.29, 0.717) is 47.6 Å². The number of carboxylic acids is 2. The molecule has 0 saturated carbocycles. The Bertz CT molecular complexity index is 1210. The van der Waals surface area contributed by atoms with Crippen LogP contribution in [0.2, 0.25) is 5.02 Å². The van der Waals surface area contributed by atoms with Crippen LogP contribution in [0, 0.1) is 5.92 Å². The number of rotatable bonds is 7. The molecule has 0 aliphatic carbocycles. The van der Waals surface area contributed by atoms with Gasteiger partial charge in [-0.15, -0.1) is 0 Å². The number of hydrogen-bond donors (Lipinski definition) is 3. The number of carbonyl (C=O) groups is 3. The van der Waals surface area contributed by atoms with E-state index >= 15 is 0 Å². The van der Waals surface area contributed by atoms with Gasteiger partial charge in [0.15, 0.2) is 5.75 Å². The zero-order valence-corrected chi connectivity index (χ0v) is 22.4. The smallest absolute Gasteiger partial charge is 0.328 e. The number of aliphatic carboxylic acids is 2. The Kier molecular flexibility index (Phi) is 9.32. The third-order valence-corrected chi connectivity index (χ3v) is 7.32. The third kappa shape index (κ3) is 7.42. The summed E-state index contributed by atoms with van der Waals surface area (Å²) in [5.41, 5.74) is 2.55. The van der Waals surface area contributed by atoms with Crippen LogP contribution in [0.1, 0.15) is 28.8 Å². The quantitative estimate of drug-likeness (QED) is 0.439. The molecule has 0 spiro atoms. The van der Waals surface area contributed by atoms with Gasteiger partial charge in [-0.2, -0.15) is 0 Å². The minimum absolute atomic E-state index is 0.0937. The average Bonchev–Trinajstić information content (AvgIpc) is 2.93. The van der Waals surface area contributed by atoms with Crippen molar-refractivity contribution < 1.29 is 34.1 Å². The van der Waals surface area contributed by atoms with Crippen molar-refractivity contribution in [1.29, 1.82) is 0 Å². The molecule has 39 heavy (non-hydrogen) atoms. The maximum atomic E-state index is 13.2. The molecular formula is C28H32ClN3O7. The van der Waals surface area contributed by atoms with Gasteiger partial charge in [0.25, 0.3) is 5.91 Å². The second-order valence-corrected chi connectivity index (χ2v) is 10.1. The molecule has 1 unspecified atom stereocenters. The summed E-state index contributed by atoms with van der Waals surface area (Å²) in [7, 11) is 1.66.